The van der Waals surface area contributed by atoms with Crippen molar-refractivity contribution in [2.75, 3.05) is 0 Å². The molecule has 0 aliphatic rings. The van der Waals surface area contributed by atoms with E-state index in [-0.39, 0.29) is 45.4 Å². The molecule has 0 bridgehead atoms. The van der Waals surface area contributed by atoms with Gasteiger partial charge in [-0.25, -0.2) is 0 Å². The van der Waals surface area contributed by atoms with Gasteiger partial charge >= 0.3 is 35.7 Å². The first-order valence-electron chi connectivity index (χ1n) is 3.58. The molecular weight excluding hydrogens is 222 g/mol. The molecule has 2 aromatic rings. The second kappa shape index (κ2) is 3.99. The van der Waals surface area contributed by atoms with Crippen LogP contribution in [0.5, 0.6) is 0 Å². The van der Waals surface area contributed by atoms with E-state index in [0.29, 0.717) is 0 Å². The third kappa shape index (κ3) is 2.24. The number of rotatable bonds is 0. The van der Waals surface area contributed by atoms with Crippen molar-refractivity contribution < 1.29 is 42.7 Å². The molecule has 4 nitrogen and oxygen atoms in total. The average Bonchev–Trinajstić information content (AvgIpc) is 2.46. The molecule has 74 valence electrons. The molecule has 0 saturated carbocycles. The normalized spacial score (nSPS) is 11.4. The summed E-state index contributed by atoms with van der Waals surface area (Å²) in [5.41, 5.74) is -0.919. The first-order valence-corrected chi connectivity index (χ1v) is 3.58. The minimum Gasteiger partial charge on any atom is -0.789 e. The van der Waals surface area contributed by atoms with Gasteiger partial charge in [-0.1, -0.05) is 5.21 Å². The number of fused-ring (bicyclic) bond motifs is 1. The summed E-state index contributed by atoms with van der Waals surface area (Å²) in [5.74, 6) is 0. The van der Waals surface area contributed by atoms with Crippen molar-refractivity contribution in [2.24, 2.45) is 0 Å². The molecule has 0 atom stereocenters. The van der Waals surface area contributed by atoms with Crippen molar-refractivity contribution in [1.29, 1.82) is 0 Å². The van der Waals surface area contributed by atoms with E-state index in [1.54, 1.807) is 0 Å². The topological polar surface area (TPSA) is 53.8 Å². The summed E-state index contributed by atoms with van der Waals surface area (Å²) in [6.45, 7) is 0. The number of hydrogen-bond donors (Lipinski definition) is 0. The fourth-order valence-electron chi connectivity index (χ4n) is 1.07. The van der Waals surface area contributed by atoms with Crippen LogP contribution < -0.4 is 29.6 Å². The third-order valence-electron chi connectivity index (χ3n) is 1.74. The van der Waals surface area contributed by atoms with Crippen LogP contribution in [0, 0.1) is 5.21 Å². The Labute approximate surface area is 104 Å². The van der Waals surface area contributed by atoms with Crippen LogP contribution in [0.2, 0.25) is 0 Å². The van der Waals surface area contributed by atoms with E-state index in [9.17, 15) is 18.4 Å². The van der Waals surface area contributed by atoms with E-state index in [1.807, 2.05) is 0 Å². The van der Waals surface area contributed by atoms with Gasteiger partial charge in [-0.2, -0.15) is 13.2 Å². The van der Waals surface area contributed by atoms with Crippen LogP contribution in [-0.2, 0) is 6.18 Å². The standard InChI is InChI=1S/C7H3F3N3O.Na/c8-7(9,10)4-1-2-5-6(3-4)13(14)12-11-5;/h1-3H;/q-1;+1. The predicted octanol–water partition coefficient (Wildman–Crippen LogP) is -1.20. The second-order valence-corrected chi connectivity index (χ2v) is 2.66. The van der Waals surface area contributed by atoms with Gasteiger partial charge in [0.15, 0.2) is 0 Å². The summed E-state index contributed by atoms with van der Waals surface area (Å²) in [5, 5.41) is 17.3. The molecule has 0 radical (unpaired) electrons. The van der Waals surface area contributed by atoms with Gasteiger partial charge in [-0.15, -0.1) is 5.10 Å². The number of benzene rings is 1. The Balaban J connectivity index is 0.00000112. The molecule has 1 aromatic carbocycles. The van der Waals surface area contributed by atoms with Crippen LogP contribution in [0.15, 0.2) is 18.2 Å². The molecule has 0 saturated heterocycles. The van der Waals surface area contributed by atoms with Crippen LogP contribution in [-0.4, -0.2) is 15.2 Å². The van der Waals surface area contributed by atoms with Gasteiger partial charge in [-0.3, -0.25) is 4.85 Å². The van der Waals surface area contributed by atoms with Crippen molar-refractivity contribution in [1.82, 2.24) is 15.2 Å². The fourth-order valence-corrected chi connectivity index (χ4v) is 1.07. The smallest absolute Gasteiger partial charge is 0.789 e. The van der Waals surface area contributed by atoms with Crippen LogP contribution in [0.1, 0.15) is 5.56 Å². The number of hydrogen-bond acceptors (Lipinski definition) is 3. The zero-order chi connectivity index (χ0) is 10.3. The van der Waals surface area contributed by atoms with Crippen molar-refractivity contribution in [3.05, 3.63) is 29.0 Å². The first kappa shape index (κ1) is 12.3. The fraction of sp³-hybridized carbons (Fsp3) is 0.143. The molecule has 0 amide bonds. The molecule has 1 heterocycles. The van der Waals surface area contributed by atoms with E-state index in [4.69, 9.17) is 0 Å². The van der Waals surface area contributed by atoms with E-state index in [0.717, 1.165) is 18.2 Å². The maximum absolute atomic E-state index is 12.2. The summed E-state index contributed by atoms with van der Waals surface area (Å²) in [6.07, 6.45) is -4.46. The van der Waals surface area contributed by atoms with Gasteiger partial charge in [-0.05, 0) is 18.2 Å². The van der Waals surface area contributed by atoms with Gasteiger partial charge in [0.1, 0.15) is 5.52 Å². The minimum atomic E-state index is -4.46. The Morgan fingerprint density at radius 2 is 1.93 bits per heavy atom. The number of nitrogens with zero attached hydrogens (tertiary/aromatic N) is 3. The average molecular weight is 225 g/mol. The molecule has 15 heavy (non-hydrogen) atoms. The van der Waals surface area contributed by atoms with Crippen molar-refractivity contribution >= 4 is 11.0 Å². The van der Waals surface area contributed by atoms with E-state index in [1.165, 1.54) is 0 Å². The van der Waals surface area contributed by atoms with Gasteiger partial charge in [0, 0.05) is 0 Å². The molecule has 0 aliphatic carbocycles. The SMILES string of the molecule is [Na+].[O-]n1nnc2ccc(C(F)(F)F)cc21. The van der Waals surface area contributed by atoms with Gasteiger partial charge in [0.05, 0.1) is 11.1 Å². The second-order valence-electron chi connectivity index (χ2n) is 2.66. The van der Waals surface area contributed by atoms with Crippen LogP contribution in [0.3, 0.4) is 0 Å². The molecule has 2 rings (SSSR count). The zero-order valence-corrected chi connectivity index (χ0v) is 9.62. The quantitative estimate of drug-likeness (QED) is 0.529. The third-order valence-corrected chi connectivity index (χ3v) is 1.74. The largest absolute Gasteiger partial charge is 1.00 e. The number of alkyl halides is 3. The molecule has 0 aliphatic heterocycles. The summed E-state index contributed by atoms with van der Waals surface area (Å²) in [4.78, 5) is 0.0601. The molecule has 8 heteroatoms. The zero-order valence-electron chi connectivity index (χ0n) is 7.62. The van der Waals surface area contributed by atoms with Crippen molar-refractivity contribution in [3.63, 3.8) is 0 Å². The Morgan fingerprint density at radius 3 is 2.53 bits per heavy atom. The molecule has 0 fully saturated rings. The maximum atomic E-state index is 12.2. The Kier molecular flexibility index (Phi) is 3.27. The van der Waals surface area contributed by atoms with E-state index >= 15 is 0 Å². The monoisotopic (exact) mass is 225 g/mol. The van der Waals surface area contributed by atoms with Gasteiger partial charge in [0.2, 0.25) is 0 Å². The maximum Gasteiger partial charge on any atom is 1.00 e. The predicted molar refractivity (Wildman–Crippen MR) is 41.3 cm³/mol. The Bertz CT molecular complexity index is 482. The number of halogens is 3. The summed E-state index contributed by atoms with van der Waals surface area (Å²) in [7, 11) is 0. The summed E-state index contributed by atoms with van der Waals surface area (Å²) < 4.78 is 36.6. The molecule has 0 N–H and O–H groups in total. The summed E-state index contributed by atoms with van der Waals surface area (Å²) >= 11 is 0. The summed E-state index contributed by atoms with van der Waals surface area (Å²) in [6, 6.07) is 2.69. The molecule has 0 unspecified atom stereocenters. The minimum absolute atomic E-state index is 0. The van der Waals surface area contributed by atoms with Gasteiger partial charge in [0.25, 0.3) is 0 Å². The first-order chi connectivity index (χ1) is 6.48. The molecule has 1 aromatic heterocycles. The van der Waals surface area contributed by atoms with Crippen LogP contribution >= 0.6 is 0 Å². The molecule has 0 spiro atoms. The molecular formula is C7H3F3N3NaO. The van der Waals surface area contributed by atoms with Crippen LogP contribution in [0.4, 0.5) is 13.2 Å². The Hall–Kier alpha value is -0.790. The Morgan fingerprint density at radius 1 is 1.27 bits per heavy atom. The van der Waals surface area contributed by atoms with Crippen molar-refractivity contribution in [3.8, 4) is 0 Å². The van der Waals surface area contributed by atoms with Crippen molar-refractivity contribution in [2.45, 2.75) is 6.18 Å². The van der Waals surface area contributed by atoms with E-state index in [2.05, 4.69) is 10.3 Å². The number of aromatic nitrogens is 3. The van der Waals surface area contributed by atoms with Gasteiger partial charge < -0.3 is 5.21 Å². The van der Waals surface area contributed by atoms with Crippen LogP contribution in [0.25, 0.3) is 11.0 Å². The van der Waals surface area contributed by atoms with E-state index < -0.39 is 11.7 Å².